The van der Waals surface area contributed by atoms with Crippen molar-refractivity contribution in [3.8, 4) is 0 Å². The Morgan fingerprint density at radius 2 is 1.02 bits per heavy atom. The maximum Gasteiger partial charge on any atom is 0.306 e. The van der Waals surface area contributed by atoms with Gasteiger partial charge in [-0.1, -0.05) is 172 Å². The summed E-state index contributed by atoms with van der Waals surface area (Å²) < 4.78 is 11.1. The van der Waals surface area contributed by atoms with Crippen molar-refractivity contribution in [2.45, 2.75) is 193 Å². The summed E-state index contributed by atoms with van der Waals surface area (Å²) in [5.74, 6) is -0.210. The van der Waals surface area contributed by atoms with Crippen LogP contribution in [0.25, 0.3) is 0 Å². The number of aliphatic hydroxyl groups is 1. The molecule has 0 aliphatic heterocycles. The summed E-state index contributed by atoms with van der Waals surface area (Å²) >= 11 is 0. The number of esters is 1. The van der Waals surface area contributed by atoms with Gasteiger partial charge in [0.05, 0.1) is 13.2 Å². The Kier molecular flexibility index (Phi) is 36.6. The Hall–Kier alpha value is -1.39. The zero-order valence-electron chi connectivity index (χ0n) is 29.4. The lowest BCUT2D eigenvalue weighted by atomic mass is 10.0. The highest BCUT2D eigenvalue weighted by molar-refractivity contribution is 5.69. The number of carbonyl (C=O) groups is 1. The minimum Gasteiger partial charge on any atom is -0.457 e. The molecule has 0 aromatic heterocycles. The second-order valence-corrected chi connectivity index (χ2v) is 12.6. The van der Waals surface area contributed by atoms with Gasteiger partial charge < -0.3 is 14.6 Å². The highest BCUT2D eigenvalue weighted by Crippen LogP contribution is 2.14. The average Bonchev–Trinajstić information content (AvgIpc) is 3.03. The Labute approximate surface area is 274 Å². The lowest BCUT2D eigenvalue weighted by Crippen LogP contribution is -2.27. The quantitative estimate of drug-likeness (QED) is 0.0436. The molecule has 0 aliphatic rings. The van der Waals surface area contributed by atoms with Crippen molar-refractivity contribution in [2.75, 3.05) is 19.8 Å². The van der Waals surface area contributed by atoms with E-state index >= 15 is 0 Å². The number of unbranched alkanes of at least 4 members (excludes halogenated alkanes) is 21. The van der Waals surface area contributed by atoms with Gasteiger partial charge in [-0.05, 0) is 44.9 Å². The predicted molar refractivity (Wildman–Crippen MR) is 191 cm³/mol. The fourth-order valence-corrected chi connectivity index (χ4v) is 5.40. The van der Waals surface area contributed by atoms with Crippen LogP contribution in [0.4, 0.5) is 0 Å². The molecule has 0 heterocycles. The number of carbonyl (C=O) groups excluding carboxylic acids is 1. The average molecular weight is 619 g/mol. The number of rotatable bonds is 35. The van der Waals surface area contributed by atoms with Gasteiger partial charge in [-0.25, -0.2) is 0 Å². The van der Waals surface area contributed by atoms with E-state index < -0.39 is 6.10 Å². The summed E-state index contributed by atoms with van der Waals surface area (Å²) in [6, 6.07) is 0. The second kappa shape index (κ2) is 37.8. The molecule has 0 fully saturated rings. The van der Waals surface area contributed by atoms with Crippen molar-refractivity contribution in [2.24, 2.45) is 0 Å². The maximum absolute atomic E-state index is 12.2. The van der Waals surface area contributed by atoms with Crippen LogP contribution in [0.15, 0.2) is 36.5 Å². The first-order valence-electron chi connectivity index (χ1n) is 19.1. The molecular formula is C40H74O4. The first kappa shape index (κ1) is 42.6. The van der Waals surface area contributed by atoms with Gasteiger partial charge in [0, 0.05) is 13.0 Å². The monoisotopic (exact) mass is 619 g/mol. The summed E-state index contributed by atoms with van der Waals surface area (Å²) in [6.07, 6.45) is 46.1. The lowest BCUT2D eigenvalue weighted by molar-refractivity contribution is -0.154. The van der Waals surface area contributed by atoms with Gasteiger partial charge >= 0.3 is 5.97 Å². The minimum atomic E-state index is -0.535. The van der Waals surface area contributed by atoms with Crippen LogP contribution in [0, 0.1) is 0 Å². The van der Waals surface area contributed by atoms with E-state index in [2.05, 4.69) is 50.3 Å². The van der Waals surface area contributed by atoms with Crippen molar-refractivity contribution < 1.29 is 19.4 Å². The van der Waals surface area contributed by atoms with Crippen molar-refractivity contribution >= 4 is 5.97 Å². The number of hydrogen-bond acceptors (Lipinski definition) is 4. The van der Waals surface area contributed by atoms with Crippen molar-refractivity contribution in [1.29, 1.82) is 0 Å². The molecule has 1 atom stereocenters. The highest BCUT2D eigenvalue weighted by atomic mass is 16.6. The first-order valence-corrected chi connectivity index (χ1v) is 19.1. The molecule has 1 unspecified atom stereocenters. The summed E-state index contributed by atoms with van der Waals surface area (Å²) in [7, 11) is 0. The lowest BCUT2D eigenvalue weighted by Gasteiger charge is -2.16. The SMILES string of the molecule is CC/C=C\C/C=C\C/C=C\CCCCCCCCCC(=O)OC(CO)COCCCCCCCCCCCCCCCCC. The van der Waals surface area contributed by atoms with E-state index in [0.717, 1.165) is 38.5 Å². The van der Waals surface area contributed by atoms with E-state index in [9.17, 15) is 9.90 Å². The molecule has 0 radical (unpaired) electrons. The molecule has 4 nitrogen and oxygen atoms in total. The molecule has 0 bridgehead atoms. The molecule has 0 saturated carbocycles. The van der Waals surface area contributed by atoms with Gasteiger partial charge in [-0.2, -0.15) is 0 Å². The van der Waals surface area contributed by atoms with Gasteiger partial charge in [0.15, 0.2) is 0 Å². The summed E-state index contributed by atoms with van der Waals surface area (Å²) in [5.41, 5.74) is 0. The molecule has 0 spiro atoms. The molecule has 0 rings (SSSR count). The highest BCUT2D eigenvalue weighted by Gasteiger charge is 2.13. The van der Waals surface area contributed by atoms with Gasteiger partial charge in [0.25, 0.3) is 0 Å². The second-order valence-electron chi connectivity index (χ2n) is 12.6. The van der Waals surface area contributed by atoms with Crippen molar-refractivity contribution in [1.82, 2.24) is 0 Å². The summed E-state index contributed by atoms with van der Waals surface area (Å²) in [5, 5.41) is 9.56. The number of aliphatic hydroxyl groups excluding tert-OH is 1. The molecule has 0 aliphatic carbocycles. The Morgan fingerprint density at radius 1 is 0.568 bits per heavy atom. The smallest absolute Gasteiger partial charge is 0.306 e. The van der Waals surface area contributed by atoms with E-state index in [1.54, 1.807) is 0 Å². The van der Waals surface area contributed by atoms with Crippen LogP contribution in [0.1, 0.15) is 187 Å². The number of ether oxygens (including phenoxy) is 2. The normalized spacial score (nSPS) is 12.7. The van der Waals surface area contributed by atoms with Crippen LogP contribution < -0.4 is 0 Å². The molecular weight excluding hydrogens is 544 g/mol. The largest absolute Gasteiger partial charge is 0.457 e. The van der Waals surface area contributed by atoms with Crippen LogP contribution in [0.3, 0.4) is 0 Å². The van der Waals surface area contributed by atoms with Gasteiger partial charge in [0.1, 0.15) is 6.10 Å². The molecule has 0 aromatic carbocycles. The zero-order valence-corrected chi connectivity index (χ0v) is 29.4. The van der Waals surface area contributed by atoms with E-state index in [4.69, 9.17) is 9.47 Å². The van der Waals surface area contributed by atoms with Crippen LogP contribution in [-0.4, -0.2) is 37.0 Å². The molecule has 0 saturated heterocycles. The molecule has 1 N–H and O–H groups in total. The van der Waals surface area contributed by atoms with Crippen LogP contribution >= 0.6 is 0 Å². The minimum absolute atomic E-state index is 0.173. The fraction of sp³-hybridized carbons (Fsp3) is 0.825. The van der Waals surface area contributed by atoms with Gasteiger partial charge in [-0.15, -0.1) is 0 Å². The zero-order chi connectivity index (χ0) is 32.0. The third-order valence-corrected chi connectivity index (χ3v) is 8.23. The van der Waals surface area contributed by atoms with E-state index in [1.165, 1.54) is 128 Å². The molecule has 44 heavy (non-hydrogen) atoms. The Morgan fingerprint density at radius 3 is 1.55 bits per heavy atom. The van der Waals surface area contributed by atoms with E-state index in [-0.39, 0.29) is 12.6 Å². The molecule has 0 aromatic rings. The number of allylic oxidation sites excluding steroid dienone is 6. The Balaban J connectivity index is 3.44. The molecule has 258 valence electrons. The molecule has 4 heteroatoms. The van der Waals surface area contributed by atoms with Crippen molar-refractivity contribution in [3.63, 3.8) is 0 Å². The topological polar surface area (TPSA) is 55.8 Å². The van der Waals surface area contributed by atoms with E-state index in [0.29, 0.717) is 19.6 Å². The summed E-state index contributed by atoms with van der Waals surface area (Å²) in [6.45, 7) is 5.24. The maximum atomic E-state index is 12.2. The number of hydrogen-bond donors (Lipinski definition) is 1. The van der Waals surface area contributed by atoms with Crippen molar-refractivity contribution in [3.05, 3.63) is 36.5 Å². The third-order valence-electron chi connectivity index (χ3n) is 8.23. The molecule has 0 amide bonds. The van der Waals surface area contributed by atoms with Gasteiger partial charge in [0.2, 0.25) is 0 Å². The third kappa shape index (κ3) is 35.1. The predicted octanol–water partition coefficient (Wildman–Crippen LogP) is 12.1. The van der Waals surface area contributed by atoms with E-state index in [1.807, 2.05) is 0 Å². The standard InChI is InChI=1S/C40H74O4/c1-3-5-7-9-11-13-15-17-19-20-21-23-25-27-29-31-33-35-40(42)44-39(37-41)38-43-36-34-32-30-28-26-24-22-18-16-14-12-10-8-6-4-2/h5,7,11,13,17,19,39,41H,3-4,6,8-10,12,14-16,18,20-38H2,1-2H3/b7-5-,13-11-,19-17-. The fourth-order valence-electron chi connectivity index (χ4n) is 5.40. The Bertz CT molecular complexity index is 654. The van der Waals surface area contributed by atoms with Crippen LogP contribution in [-0.2, 0) is 14.3 Å². The summed E-state index contributed by atoms with van der Waals surface area (Å²) in [4.78, 5) is 12.2. The van der Waals surface area contributed by atoms with Crippen LogP contribution in [0.2, 0.25) is 0 Å². The first-order chi connectivity index (χ1) is 21.7. The van der Waals surface area contributed by atoms with Crippen LogP contribution in [0.5, 0.6) is 0 Å². The van der Waals surface area contributed by atoms with Gasteiger partial charge in [-0.3, -0.25) is 4.79 Å².